The summed E-state index contributed by atoms with van der Waals surface area (Å²) in [5, 5.41) is 2.11. The van der Waals surface area contributed by atoms with Crippen LogP contribution in [0.3, 0.4) is 0 Å². The quantitative estimate of drug-likeness (QED) is 0.774. The summed E-state index contributed by atoms with van der Waals surface area (Å²) in [6, 6.07) is 8.16. The summed E-state index contributed by atoms with van der Waals surface area (Å²) in [5.41, 5.74) is 0.323. The second kappa shape index (κ2) is 7.36. The second-order valence-electron chi connectivity index (χ2n) is 5.38. The minimum Gasteiger partial charge on any atom is -0.456 e. The number of hydrogen-bond acceptors (Lipinski definition) is 6. The van der Waals surface area contributed by atoms with Crippen molar-refractivity contribution in [2.45, 2.75) is 12.8 Å². The SMILES string of the molecule is O=C(COC(=O)C[C@@H]1CCS(=O)(=O)C1)NC(=O)c1ccccc1. The van der Waals surface area contributed by atoms with Crippen LogP contribution in [0.15, 0.2) is 30.3 Å². The summed E-state index contributed by atoms with van der Waals surface area (Å²) < 4.78 is 27.4. The first-order valence-electron chi connectivity index (χ1n) is 7.11. The molecule has 0 saturated carbocycles. The average Bonchev–Trinajstić information content (AvgIpc) is 2.85. The monoisotopic (exact) mass is 339 g/mol. The minimum atomic E-state index is -3.05. The molecule has 124 valence electrons. The Hall–Kier alpha value is -2.22. The van der Waals surface area contributed by atoms with Gasteiger partial charge in [-0.2, -0.15) is 0 Å². The van der Waals surface area contributed by atoms with Gasteiger partial charge in [0.05, 0.1) is 11.5 Å². The maximum atomic E-state index is 11.7. The van der Waals surface area contributed by atoms with Crippen molar-refractivity contribution >= 4 is 27.6 Å². The van der Waals surface area contributed by atoms with Crippen LogP contribution in [0.4, 0.5) is 0 Å². The Bertz CT molecular complexity index is 698. The minimum absolute atomic E-state index is 0.0270. The fourth-order valence-corrected chi connectivity index (χ4v) is 4.16. The molecule has 1 saturated heterocycles. The fourth-order valence-electron chi connectivity index (χ4n) is 2.30. The molecule has 1 aromatic carbocycles. The highest BCUT2D eigenvalue weighted by Gasteiger charge is 2.30. The highest BCUT2D eigenvalue weighted by molar-refractivity contribution is 7.91. The van der Waals surface area contributed by atoms with E-state index in [-0.39, 0.29) is 23.8 Å². The maximum absolute atomic E-state index is 11.7. The van der Waals surface area contributed by atoms with E-state index in [9.17, 15) is 22.8 Å². The Kier molecular flexibility index (Phi) is 5.49. The number of rotatable bonds is 5. The summed E-state index contributed by atoms with van der Waals surface area (Å²) in [5.74, 6) is -2.16. The van der Waals surface area contributed by atoms with Crippen LogP contribution in [-0.2, 0) is 24.2 Å². The molecule has 0 aliphatic carbocycles. The number of esters is 1. The summed E-state index contributed by atoms with van der Waals surface area (Å²) in [6.07, 6.45) is 0.384. The van der Waals surface area contributed by atoms with Crippen LogP contribution in [0.5, 0.6) is 0 Å². The van der Waals surface area contributed by atoms with Gasteiger partial charge in [-0.05, 0) is 24.5 Å². The first-order valence-corrected chi connectivity index (χ1v) is 8.93. The maximum Gasteiger partial charge on any atom is 0.306 e. The van der Waals surface area contributed by atoms with Gasteiger partial charge in [-0.15, -0.1) is 0 Å². The van der Waals surface area contributed by atoms with E-state index in [1.807, 2.05) is 0 Å². The molecule has 0 radical (unpaired) electrons. The molecular weight excluding hydrogens is 322 g/mol. The van der Waals surface area contributed by atoms with Crippen LogP contribution < -0.4 is 5.32 Å². The van der Waals surface area contributed by atoms with Crippen molar-refractivity contribution in [3.8, 4) is 0 Å². The number of ether oxygens (including phenoxy) is 1. The van der Waals surface area contributed by atoms with Gasteiger partial charge in [0, 0.05) is 12.0 Å². The molecule has 1 aliphatic rings. The lowest BCUT2D eigenvalue weighted by Crippen LogP contribution is -2.34. The standard InChI is InChI=1S/C15H17NO6S/c17-13(16-15(19)12-4-2-1-3-5-12)9-22-14(18)8-11-6-7-23(20,21)10-11/h1-5,11H,6-10H2,(H,16,17,19)/t11-/m0/s1. The molecule has 1 N–H and O–H groups in total. The average molecular weight is 339 g/mol. The largest absolute Gasteiger partial charge is 0.456 e. The van der Waals surface area contributed by atoms with Crippen LogP contribution in [0.25, 0.3) is 0 Å². The van der Waals surface area contributed by atoms with Gasteiger partial charge >= 0.3 is 5.97 Å². The molecule has 0 aromatic heterocycles. The molecule has 2 rings (SSSR count). The lowest BCUT2D eigenvalue weighted by atomic mass is 10.1. The van der Waals surface area contributed by atoms with Gasteiger partial charge in [-0.3, -0.25) is 19.7 Å². The van der Waals surface area contributed by atoms with Gasteiger partial charge in [0.15, 0.2) is 16.4 Å². The molecule has 0 unspecified atom stereocenters. The third kappa shape index (κ3) is 5.48. The van der Waals surface area contributed by atoms with Crippen molar-refractivity contribution in [2.24, 2.45) is 5.92 Å². The molecule has 7 nitrogen and oxygen atoms in total. The molecule has 0 spiro atoms. The molecule has 1 aromatic rings. The molecule has 1 heterocycles. The van der Waals surface area contributed by atoms with Crippen LogP contribution >= 0.6 is 0 Å². The molecule has 23 heavy (non-hydrogen) atoms. The normalized spacial score (nSPS) is 19.0. The Morgan fingerprint density at radius 1 is 1.17 bits per heavy atom. The highest BCUT2D eigenvalue weighted by Crippen LogP contribution is 2.21. The predicted molar refractivity (Wildman–Crippen MR) is 81.3 cm³/mol. The van der Waals surface area contributed by atoms with Crippen molar-refractivity contribution in [3.63, 3.8) is 0 Å². The molecule has 0 bridgehead atoms. The number of hydrogen-bond donors (Lipinski definition) is 1. The first-order chi connectivity index (χ1) is 10.9. The molecule has 8 heteroatoms. The van der Waals surface area contributed by atoms with E-state index in [0.29, 0.717) is 12.0 Å². The number of imide groups is 1. The van der Waals surface area contributed by atoms with Crippen LogP contribution in [0.1, 0.15) is 23.2 Å². The van der Waals surface area contributed by atoms with E-state index in [2.05, 4.69) is 5.32 Å². The Morgan fingerprint density at radius 2 is 1.87 bits per heavy atom. The van der Waals surface area contributed by atoms with Crippen molar-refractivity contribution in [3.05, 3.63) is 35.9 Å². The van der Waals surface area contributed by atoms with Gasteiger partial charge in [0.25, 0.3) is 11.8 Å². The third-order valence-corrected chi connectivity index (χ3v) is 5.27. The van der Waals surface area contributed by atoms with Gasteiger partial charge in [-0.25, -0.2) is 8.42 Å². The molecule has 1 fully saturated rings. The third-order valence-electron chi connectivity index (χ3n) is 3.44. The number of benzene rings is 1. The predicted octanol–water partition coefficient (Wildman–Crippen LogP) is 0.311. The van der Waals surface area contributed by atoms with E-state index in [1.54, 1.807) is 30.3 Å². The van der Waals surface area contributed by atoms with E-state index in [4.69, 9.17) is 4.74 Å². The lowest BCUT2D eigenvalue weighted by Gasteiger charge is -2.08. The van der Waals surface area contributed by atoms with Crippen molar-refractivity contribution in [1.82, 2.24) is 5.32 Å². The van der Waals surface area contributed by atoms with Crippen molar-refractivity contribution in [2.75, 3.05) is 18.1 Å². The van der Waals surface area contributed by atoms with Gasteiger partial charge in [0.2, 0.25) is 0 Å². The fraction of sp³-hybridized carbons (Fsp3) is 0.400. The number of sulfone groups is 1. The van der Waals surface area contributed by atoms with Crippen molar-refractivity contribution in [1.29, 1.82) is 0 Å². The summed E-state index contributed by atoms with van der Waals surface area (Å²) in [6.45, 7) is -0.573. The summed E-state index contributed by atoms with van der Waals surface area (Å²) >= 11 is 0. The lowest BCUT2D eigenvalue weighted by molar-refractivity contribution is -0.149. The zero-order chi connectivity index (χ0) is 16.9. The smallest absolute Gasteiger partial charge is 0.306 e. The van der Waals surface area contributed by atoms with Crippen LogP contribution in [0, 0.1) is 5.92 Å². The summed E-state index contributed by atoms with van der Waals surface area (Å²) in [7, 11) is -3.05. The van der Waals surface area contributed by atoms with Gasteiger partial charge < -0.3 is 4.74 Å². The zero-order valence-corrected chi connectivity index (χ0v) is 13.2. The summed E-state index contributed by atoms with van der Waals surface area (Å²) in [4.78, 5) is 34.9. The first kappa shape index (κ1) is 17.1. The topological polar surface area (TPSA) is 107 Å². The van der Waals surface area contributed by atoms with E-state index >= 15 is 0 Å². The molecule has 1 atom stereocenters. The van der Waals surface area contributed by atoms with E-state index in [1.165, 1.54) is 0 Å². The highest BCUT2D eigenvalue weighted by atomic mass is 32.2. The Balaban J connectivity index is 1.72. The van der Waals surface area contributed by atoms with E-state index < -0.39 is 34.2 Å². The zero-order valence-electron chi connectivity index (χ0n) is 12.4. The van der Waals surface area contributed by atoms with Gasteiger partial charge in [-0.1, -0.05) is 18.2 Å². The molecule has 1 aliphatic heterocycles. The Labute approximate surface area is 133 Å². The molecular formula is C15H17NO6S. The van der Waals surface area contributed by atoms with Crippen molar-refractivity contribution < 1.29 is 27.5 Å². The number of nitrogens with one attached hydrogen (secondary N) is 1. The number of amides is 2. The van der Waals surface area contributed by atoms with Crippen LogP contribution in [-0.4, -0.2) is 44.3 Å². The number of carbonyl (C=O) groups excluding carboxylic acids is 3. The number of carbonyl (C=O) groups is 3. The molecule has 2 amide bonds. The Morgan fingerprint density at radius 3 is 2.48 bits per heavy atom. The second-order valence-corrected chi connectivity index (χ2v) is 7.61. The van der Waals surface area contributed by atoms with E-state index in [0.717, 1.165) is 0 Å². The van der Waals surface area contributed by atoms with Crippen LogP contribution in [0.2, 0.25) is 0 Å². The van der Waals surface area contributed by atoms with Gasteiger partial charge in [0.1, 0.15) is 0 Å².